The Morgan fingerprint density at radius 1 is 0.968 bits per heavy atom. The largest absolute Gasteiger partial charge is 0.459 e. The maximum atomic E-state index is 6.34. The number of aromatic nitrogens is 2. The highest BCUT2D eigenvalue weighted by molar-refractivity contribution is 7.80. The predicted octanol–water partition coefficient (Wildman–Crippen LogP) is 5.56. The Kier molecular flexibility index (Phi) is 5.40. The topological polar surface area (TPSA) is 54.2 Å². The Labute approximate surface area is 190 Å². The smallest absolute Gasteiger partial charge is 0.170 e. The van der Waals surface area contributed by atoms with Gasteiger partial charge in [0.2, 0.25) is 0 Å². The molecule has 0 aliphatic carbocycles. The summed E-state index contributed by atoms with van der Waals surface area (Å²) < 4.78 is 6.34. The van der Waals surface area contributed by atoms with Crippen LogP contribution in [-0.2, 0) is 6.54 Å². The zero-order valence-corrected chi connectivity index (χ0v) is 18.1. The van der Waals surface area contributed by atoms with Gasteiger partial charge in [-0.05, 0) is 78.4 Å². The van der Waals surface area contributed by atoms with Crippen molar-refractivity contribution >= 4 is 28.9 Å². The normalized spacial score (nSPS) is 18.2. The zero-order chi connectivity index (χ0) is 21.2. The minimum atomic E-state index is -0.142. The number of pyridine rings is 2. The number of thiocarbonyl (C=S) groups is 1. The van der Waals surface area contributed by atoms with Crippen LogP contribution in [0.1, 0.15) is 29.1 Å². The third-order valence-corrected chi connectivity index (χ3v) is 5.95. The second kappa shape index (κ2) is 8.49. The first kappa shape index (κ1) is 19.7. The fourth-order valence-electron chi connectivity index (χ4n) is 3.85. The molecule has 1 aliphatic heterocycles. The summed E-state index contributed by atoms with van der Waals surface area (Å²) >= 11 is 11.8. The fraction of sp³-hybridized carbons (Fsp3) is 0.125. The minimum absolute atomic E-state index is 0.125. The molecule has 0 saturated carbocycles. The molecular formula is C24H19ClN4OS. The number of nitrogens with zero attached hydrogens (tertiary/aromatic N) is 3. The molecule has 3 aromatic heterocycles. The molecule has 7 heteroatoms. The van der Waals surface area contributed by atoms with Crippen molar-refractivity contribution in [1.82, 2.24) is 20.2 Å². The van der Waals surface area contributed by atoms with Crippen LogP contribution in [0.25, 0.3) is 11.3 Å². The van der Waals surface area contributed by atoms with Gasteiger partial charge in [0, 0.05) is 35.7 Å². The first-order valence-electron chi connectivity index (χ1n) is 9.92. The molecule has 1 N–H and O–H groups in total. The number of hydrogen-bond acceptors (Lipinski definition) is 4. The van der Waals surface area contributed by atoms with E-state index in [9.17, 15) is 0 Å². The molecule has 5 nitrogen and oxygen atoms in total. The van der Waals surface area contributed by atoms with Crippen LogP contribution in [0.4, 0.5) is 0 Å². The number of benzene rings is 1. The van der Waals surface area contributed by atoms with E-state index in [-0.39, 0.29) is 12.1 Å². The zero-order valence-electron chi connectivity index (χ0n) is 16.5. The Hall–Kier alpha value is -3.22. The van der Waals surface area contributed by atoms with Crippen molar-refractivity contribution in [1.29, 1.82) is 0 Å². The molecule has 0 radical (unpaired) electrons. The molecule has 0 spiro atoms. The number of halogens is 1. The summed E-state index contributed by atoms with van der Waals surface area (Å²) in [5.74, 6) is 1.61. The summed E-state index contributed by atoms with van der Waals surface area (Å²) in [5.41, 5.74) is 3.01. The van der Waals surface area contributed by atoms with E-state index in [1.807, 2.05) is 66.7 Å². The molecule has 1 fully saturated rings. The van der Waals surface area contributed by atoms with Gasteiger partial charge < -0.3 is 14.6 Å². The van der Waals surface area contributed by atoms with Crippen LogP contribution in [0.5, 0.6) is 0 Å². The number of nitrogens with one attached hydrogen (secondary N) is 1. The van der Waals surface area contributed by atoms with Crippen molar-refractivity contribution in [3.63, 3.8) is 0 Å². The van der Waals surface area contributed by atoms with Crippen LogP contribution in [0, 0.1) is 0 Å². The van der Waals surface area contributed by atoms with E-state index >= 15 is 0 Å². The lowest BCUT2D eigenvalue weighted by molar-refractivity contribution is 0.269. The quantitative estimate of drug-likeness (QED) is 0.405. The van der Waals surface area contributed by atoms with Crippen LogP contribution < -0.4 is 5.32 Å². The van der Waals surface area contributed by atoms with Crippen LogP contribution in [-0.4, -0.2) is 20.0 Å². The van der Waals surface area contributed by atoms with Gasteiger partial charge in [-0.3, -0.25) is 9.97 Å². The molecule has 5 rings (SSSR count). The van der Waals surface area contributed by atoms with Crippen molar-refractivity contribution in [3.8, 4) is 11.3 Å². The summed E-state index contributed by atoms with van der Waals surface area (Å²) in [4.78, 5) is 10.8. The van der Waals surface area contributed by atoms with Gasteiger partial charge in [-0.2, -0.15) is 0 Å². The van der Waals surface area contributed by atoms with E-state index in [2.05, 4.69) is 20.2 Å². The summed E-state index contributed by atoms with van der Waals surface area (Å²) in [6.07, 6.45) is 5.38. The lowest BCUT2D eigenvalue weighted by Gasteiger charge is -2.26. The molecule has 1 aliphatic rings. The molecule has 0 unspecified atom stereocenters. The third kappa shape index (κ3) is 4.04. The van der Waals surface area contributed by atoms with Gasteiger partial charge in [-0.15, -0.1) is 0 Å². The maximum absolute atomic E-state index is 6.34. The fourth-order valence-corrected chi connectivity index (χ4v) is 4.28. The summed E-state index contributed by atoms with van der Waals surface area (Å²) in [5, 5.41) is 4.81. The van der Waals surface area contributed by atoms with Gasteiger partial charge in [0.1, 0.15) is 17.6 Å². The van der Waals surface area contributed by atoms with E-state index in [1.54, 1.807) is 18.6 Å². The van der Waals surface area contributed by atoms with Gasteiger partial charge in [-0.25, -0.2) is 0 Å². The average Bonchev–Trinajstić information content (AvgIpc) is 3.41. The van der Waals surface area contributed by atoms with Crippen molar-refractivity contribution in [2.75, 3.05) is 0 Å². The van der Waals surface area contributed by atoms with Crippen LogP contribution in [0.2, 0.25) is 5.02 Å². The summed E-state index contributed by atoms with van der Waals surface area (Å²) in [7, 11) is 0. The second-order valence-electron chi connectivity index (χ2n) is 7.32. The van der Waals surface area contributed by atoms with Crippen LogP contribution in [0.3, 0.4) is 0 Å². The van der Waals surface area contributed by atoms with Crippen LogP contribution in [0.15, 0.2) is 89.7 Å². The average molecular weight is 447 g/mol. The molecule has 4 aromatic rings. The van der Waals surface area contributed by atoms with Crippen molar-refractivity contribution < 1.29 is 4.42 Å². The first-order chi connectivity index (χ1) is 15.2. The molecule has 4 heterocycles. The molecule has 1 aromatic carbocycles. The number of furan rings is 1. The van der Waals surface area contributed by atoms with Crippen molar-refractivity contribution in [3.05, 3.63) is 107 Å². The van der Waals surface area contributed by atoms with Crippen molar-refractivity contribution in [2.24, 2.45) is 0 Å². The van der Waals surface area contributed by atoms with E-state index in [0.717, 1.165) is 28.3 Å². The highest BCUT2D eigenvalue weighted by Gasteiger charge is 2.41. The first-order valence-corrected chi connectivity index (χ1v) is 10.7. The van der Waals surface area contributed by atoms with Crippen molar-refractivity contribution in [2.45, 2.75) is 18.6 Å². The lowest BCUT2D eigenvalue weighted by Crippen LogP contribution is -2.29. The number of hydrogen-bond donors (Lipinski definition) is 1. The van der Waals surface area contributed by atoms with E-state index < -0.39 is 0 Å². The van der Waals surface area contributed by atoms with E-state index in [1.165, 1.54) is 0 Å². The Morgan fingerprint density at radius 3 is 2.52 bits per heavy atom. The Bertz CT molecular complexity index is 1180. The highest BCUT2D eigenvalue weighted by Crippen LogP contribution is 2.41. The second-order valence-corrected chi connectivity index (χ2v) is 8.14. The number of rotatable bonds is 5. The highest BCUT2D eigenvalue weighted by atomic mass is 35.5. The Balaban J connectivity index is 1.53. The van der Waals surface area contributed by atoms with Gasteiger partial charge >= 0.3 is 0 Å². The summed E-state index contributed by atoms with van der Waals surface area (Å²) in [6.45, 7) is 0.638. The maximum Gasteiger partial charge on any atom is 0.170 e. The van der Waals surface area contributed by atoms with Gasteiger partial charge in [0.15, 0.2) is 5.11 Å². The predicted molar refractivity (Wildman–Crippen MR) is 124 cm³/mol. The molecule has 0 amide bonds. The van der Waals surface area contributed by atoms with E-state index in [0.29, 0.717) is 16.7 Å². The molecule has 31 heavy (non-hydrogen) atoms. The van der Waals surface area contributed by atoms with Gasteiger partial charge in [0.05, 0.1) is 11.7 Å². The SMILES string of the molecule is S=C1N[C@@H](c2ccccn2)[C@H](c2ccc(-c3ccc(Cl)cc3)o2)N1Cc1ccncc1. The third-order valence-electron chi connectivity index (χ3n) is 5.35. The Morgan fingerprint density at radius 2 is 1.77 bits per heavy atom. The molecule has 2 atom stereocenters. The molecule has 1 saturated heterocycles. The monoisotopic (exact) mass is 446 g/mol. The lowest BCUT2D eigenvalue weighted by atomic mass is 10.0. The molecular weight excluding hydrogens is 428 g/mol. The van der Waals surface area contributed by atoms with Gasteiger partial charge in [0.25, 0.3) is 0 Å². The molecule has 0 bridgehead atoms. The molecule has 154 valence electrons. The van der Waals surface area contributed by atoms with E-state index in [4.69, 9.17) is 28.2 Å². The summed E-state index contributed by atoms with van der Waals surface area (Å²) in [6, 6.07) is 21.2. The van der Waals surface area contributed by atoms with Crippen LogP contribution >= 0.6 is 23.8 Å². The minimum Gasteiger partial charge on any atom is -0.459 e. The standard InChI is InChI=1S/C24H19ClN4OS/c25-18-6-4-17(5-7-18)20-8-9-21(30-20)23-22(19-3-1-2-12-27-19)28-24(31)29(23)15-16-10-13-26-14-11-16/h1-14,22-23H,15H2,(H,28,31)/t22-,23-/m0/s1. The van der Waals surface area contributed by atoms with Gasteiger partial charge in [-0.1, -0.05) is 17.7 Å².